The van der Waals surface area contributed by atoms with E-state index in [1.807, 2.05) is 37.3 Å². The monoisotopic (exact) mass is 568 g/mol. The highest BCUT2D eigenvalue weighted by Gasteiger charge is 2.51. The molecule has 0 N–H and O–H groups in total. The van der Waals surface area contributed by atoms with E-state index in [0.29, 0.717) is 16.7 Å². The van der Waals surface area contributed by atoms with E-state index in [1.54, 1.807) is 37.6 Å². The van der Waals surface area contributed by atoms with Gasteiger partial charge in [0.05, 0.1) is 23.4 Å². The lowest BCUT2D eigenvalue weighted by atomic mass is 9.92. The molecular formula is C34H40N2O4Si. The van der Waals surface area contributed by atoms with Gasteiger partial charge in [-0.2, -0.15) is 0 Å². The number of esters is 1. The van der Waals surface area contributed by atoms with Gasteiger partial charge in [0.2, 0.25) is 0 Å². The molecule has 0 amide bonds. The second-order valence-corrected chi connectivity index (χ2v) is 16.3. The summed E-state index contributed by atoms with van der Waals surface area (Å²) >= 11 is 0. The number of methoxy groups -OCH3 is 1. The summed E-state index contributed by atoms with van der Waals surface area (Å²) < 4.78 is 13.8. The first kappa shape index (κ1) is 30.2. The Morgan fingerprint density at radius 1 is 0.927 bits per heavy atom. The van der Waals surface area contributed by atoms with Gasteiger partial charge in [-0.15, -0.1) is 0 Å². The zero-order chi connectivity index (χ0) is 30.0. The van der Waals surface area contributed by atoms with E-state index in [2.05, 4.69) is 69.3 Å². The summed E-state index contributed by atoms with van der Waals surface area (Å²) in [5, 5.41) is 2.64. The van der Waals surface area contributed by atoms with Crippen molar-refractivity contribution in [1.29, 1.82) is 0 Å². The highest BCUT2D eigenvalue weighted by atomic mass is 28.4. The summed E-state index contributed by atoms with van der Waals surface area (Å²) in [6, 6.07) is 26.4. The van der Waals surface area contributed by atoms with Crippen LogP contribution in [0.4, 0.5) is 0 Å². The smallest absolute Gasteiger partial charge is 0.315 e. The van der Waals surface area contributed by atoms with Crippen LogP contribution in [0, 0.1) is 5.41 Å². The van der Waals surface area contributed by atoms with Gasteiger partial charge in [0.25, 0.3) is 13.9 Å². The van der Waals surface area contributed by atoms with Crippen molar-refractivity contribution in [3.05, 3.63) is 107 Å². The number of carbonyl (C=O) groups excluding carboxylic acids is 1. The van der Waals surface area contributed by atoms with Gasteiger partial charge >= 0.3 is 5.97 Å². The standard InChI is InChI=1S/C34H40N2O4Si/c1-24(40-41(33(2,3)4,26-15-11-9-12-16-26)27-17-13-10-14-18-27)30-35-29-23-25(19-20-28(29)31(37)36(30)7)21-22-34(5,6)32(38)39-8/h9-24H,1-8H3/t24-/m1/s1. The van der Waals surface area contributed by atoms with E-state index in [4.69, 9.17) is 14.1 Å². The molecule has 41 heavy (non-hydrogen) atoms. The molecule has 0 fully saturated rings. The van der Waals surface area contributed by atoms with Crippen LogP contribution in [0.5, 0.6) is 0 Å². The minimum absolute atomic E-state index is 0.131. The maximum Gasteiger partial charge on any atom is 0.315 e. The Kier molecular flexibility index (Phi) is 8.52. The predicted octanol–water partition coefficient (Wildman–Crippen LogP) is 5.78. The third-order valence-corrected chi connectivity index (χ3v) is 12.8. The van der Waals surface area contributed by atoms with Crippen molar-refractivity contribution in [1.82, 2.24) is 9.55 Å². The van der Waals surface area contributed by atoms with Crippen LogP contribution in [0.2, 0.25) is 5.04 Å². The third kappa shape index (κ3) is 5.83. The number of nitrogens with zero attached hydrogens (tertiary/aromatic N) is 2. The Hall–Kier alpha value is -3.81. The summed E-state index contributed by atoms with van der Waals surface area (Å²) in [5.41, 5.74) is 0.502. The van der Waals surface area contributed by atoms with Gasteiger partial charge in [-0.05, 0) is 53.9 Å². The van der Waals surface area contributed by atoms with Gasteiger partial charge in [0.15, 0.2) is 0 Å². The summed E-state index contributed by atoms with van der Waals surface area (Å²) in [6.45, 7) is 12.3. The van der Waals surface area contributed by atoms with Crippen LogP contribution in [0.25, 0.3) is 17.0 Å². The highest BCUT2D eigenvalue weighted by molar-refractivity contribution is 6.99. The molecule has 0 aliphatic heterocycles. The second kappa shape index (κ2) is 11.6. The molecule has 0 spiro atoms. The minimum Gasteiger partial charge on any atom is -0.468 e. The van der Waals surface area contributed by atoms with Crippen molar-refractivity contribution in [2.75, 3.05) is 7.11 Å². The van der Waals surface area contributed by atoms with Crippen molar-refractivity contribution < 1.29 is 14.0 Å². The molecule has 0 unspecified atom stereocenters. The van der Waals surface area contributed by atoms with Gasteiger partial charge in [-0.25, -0.2) is 4.98 Å². The number of fused-ring (bicyclic) bond motifs is 1. The molecule has 0 aliphatic carbocycles. The number of hydrogen-bond donors (Lipinski definition) is 0. The SMILES string of the molecule is COC(=O)C(C)(C)C=Cc1ccc2c(=O)n(C)c([C@@H](C)O[Si](c3ccccc3)(c3ccccc3)C(C)(C)C)nc2c1. The van der Waals surface area contributed by atoms with E-state index in [0.717, 1.165) is 15.9 Å². The van der Waals surface area contributed by atoms with Crippen molar-refractivity contribution in [3.8, 4) is 0 Å². The lowest BCUT2D eigenvalue weighted by molar-refractivity contribution is -0.148. The fourth-order valence-corrected chi connectivity index (χ4v) is 10.1. The number of carbonyl (C=O) groups is 1. The molecule has 0 radical (unpaired) electrons. The van der Waals surface area contributed by atoms with Crippen LogP contribution < -0.4 is 15.9 Å². The molecular weight excluding hydrogens is 528 g/mol. The largest absolute Gasteiger partial charge is 0.468 e. The molecule has 0 saturated heterocycles. The Balaban J connectivity index is 1.83. The van der Waals surface area contributed by atoms with E-state index in [9.17, 15) is 9.59 Å². The summed E-state index contributed by atoms with van der Waals surface area (Å²) in [5.74, 6) is 0.240. The first-order valence-corrected chi connectivity index (χ1v) is 15.8. The molecule has 3 aromatic carbocycles. The second-order valence-electron chi connectivity index (χ2n) is 12.1. The predicted molar refractivity (Wildman–Crippen MR) is 169 cm³/mol. The van der Waals surface area contributed by atoms with Gasteiger partial charge < -0.3 is 9.16 Å². The number of benzene rings is 3. The molecule has 0 aliphatic rings. The molecule has 7 heteroatoms. The van der Waals surface area contributed by atoms with Gasteiger partial charge in [0, 0.05) is 7.05 Å². The van der Waals surface area contributed by atoms with Crippen molar-refractivity contribution in [2.45, 2.75) is 52.7 Å². The molecule has 6 nitrogen and oxygen atoms in total. The third-order valence-electron chi connectivity index (χ3n) is 7.67. The van der Waals surface area contributed by atoms with Crippen LogP contribution in [-0.2, 0) is 21.0 Å². The first-order valence-electron chi connectivity index (χ1n) is 13.9. The fraction of sp³-hybridized carbons (Fsp3) is 0.324. The normalized spacial score (nSPS) is 13.5. The molecule has 0 bridgehead atoms. The van der Waals surface area contributed by atoms with Gasteiger partial charge in [0.1, 0.15) is 11.9 Å². The summed E-state index contributed by atoms with van der Waals surface area (Å²) in [4.78, 5) is 30.6. The van der Waals surface area contributed by atoms with Crippen molar-refractivity contribution in [2.24, 2.45) is 12.5 Å². The van der Waals surface area contributed by atoms with Crippen LogP contribution in [0.1, 0.15) is 59.0 Å². The van der Waals surface area contributed by atoms with Crippen LogP contribution in [0.15, 0.2) is 89.7 Å². The number of aromatic nitrogens is 2. The maximum absolute atomic E-state index is 13.5. The van der Waals surface area contributed by atoms with E-state index < -0.39 is 19.8 Å². The number of hydrogen-bond acceptors (Lipinski definition) is 5. The lowest BCUT2D eigenvalue weighted by Gasteiger charge is -2.44. The molecule has 4 aromatic rings. The number of ether oxygens (including phenoxy) is 1. The van der Waals surface area contributed by atoms with Crippen molar-refractivity contribution in [3.63, 3.8) is 0 Å². The Bertz CT molecular complexity index is 1580. The maximum atomic E-state index is 13.5. The molecule has 1 atom stereocenters. The molecule has 1 aromatic heterocycles. The van der Waals surface area contributed by atoms with E-state index in [1.165, 1.54) is 7.11 Å². The van der Waals surface area contributed by atoms with Gasteiger partial charge in [-0.1, -0.05) is 99.7 Å². The zero-order valence-electron chi connectivity index (χ0n) is 25.3. The topological polar surface area (TPSA) is 70.4 Å². The highest BCUT2D eigenvalue weighted by Crippen LogP contribution is 2.39. The zero-order valence-corrected chi connectivity index (χ0v) is 26.3. The Morgan fingerprint density at radius 3 is 2.00 bits per heavy atom. The summed E-state index contributed by atoms with van der Waals surface area (Å²) in [6.07, 6.45) is 3.19. The van der Waals surface area contributed by atoms with Crippen molar-refractivity contribution >= 4 is 41.6 Å². The first-order chi connectivity index (χ1) is 19.3. The fourth-order valence-electron chi connectivity index (χ4n) is 5.42. The van der Waals surface area contributed by atoms with E-state index >= 15 is 0 Å². The van der Waals surface area contributed by atoms with E-state index in [-0.39, 0.29) is 16.6 Å². The molecule has 214 valence electrons. The minimum atomic E-state index is -2.87. The molecule has 1 heterocycles. The average Bonchev–Trinajstić information content (AvgIpc) is 2.96. The average molecular weight is 569 g/mol. The molecule has 0 saturated carbocycles. The lowest BCUT2D eigenvalue weighted by Crippen LogP contribution is -2.66. The van der Waals surface area contributed by atoms with Crippen LogP contribution in [-0.4, -0.2) is 30.9 Å². The van der Waals surface area contributed by atoms with Crippen LogP contribution in [0.3, 0.4) is 0 Å². The molecule has 4 rings (SSSR count). The van der Waals surface area contributed by atoms with Gasteiger partial charge in [-0.3, -0.25) is 14.2 Å². The number of rotatable bonds is 8. The Labute approximate surface area is 243 Å². The quantitative estimate of drug-likeness (QED) is 0.199. The Morgan fingerprint density at radius 2 is 1.49 bits per heavy atom. The van der Waals surface area contributed by atoms with Crippen LogP contribution >= 0.6 is 0 Å². The summed E-state index contributed by atoms with van der Waals surface area (Å²) in [7, 11) is 0.260.